The smallest absolute Gasteiger partial charge is 0.411 e. The van der Waals surface area contributed by atoms with Crippen LogP contribution in [-0.2, 0) is 14.3 Å². The Morgan fingerprint density at radius 3 is 2.42 bits per heavy atom. The zero-order valence-electron chi connectivity index (χ0n) is 11.5. The number of esters is 1. The number of rotatable bonds is 2. The number of hydrogen-bond donors (Lipinski definition) is 0. The molecule has 1 aliphatic rings. The molecule has 1 heterocycles. The molecular formula is C12H19F2NO4. The van der Waals surface area contributed by atoms with Gasteiger partial charge in [0.2, 0.25) is 0 Å². The molecule has 5 nitrogen and oxygen atoms in total. The number of methoxy groups -OCH3 is 1. The molecular weight excluding hydrogens is 260 g/mol. The first-order valence-electron chi connectivity index (χ1n) is 5.94. The lowest BCUT2D eigenvalue weighted by Crippen LogP contribution is -2.44. The lowest BCUT2D eigenvalue weighted by molar-refractivity contribution is -0.145. The van der Waals surface area contributed by atoms with Gasteiger partial charge in [-0.2, -0.15) is 0 Å². The largest absolute Gasteiger partial charge is 0.467 e. The molecule has 110 valence electrons. The molecule has 1 amide bonds. The molecule has 19 heavy (non-hydrogen) atoms. The lowest BCUT2D eigenvalue weighted by Gasteiger charge is -2.27. The summed E-state index contributed by atoms with van der Waals surface area (Å²) in [5.74, 6) is -0.779. The fourth-order valence-corrected chi connectivity index (χ4v) is 1.89. The summed E-state index contributed by atoms with van der Waals surface area (Å²) >= 11 is 0. The van der Waals surface area contributed by atoms with E-state index in [1.54, 1.807) is 20.8 Å². The van der Waals surface area contributed by atoms with Gasteiger partial charge in [0, 0.05) is 6.42 Å². The number of nitrogens with zero attached hydrogens (tertiary/aromatic N) is 1. The first kappa shape index (κ1) is 15.7. The Kier molecular flexibility index (Phi) is 4.37. The van der Waals surface area contributed by atoms with Gasteiger partial charge in [0.05, 0.1) is 13.7 Å². The van der Waals surface area contributed by atoms with Gasteiger partial charge in [0.25, 0.3) is 0 Å². The van der Waals surface area contributed by atoms with E-state index in [4.69, 9.17) is 4.74 Å². The summed E-state index contributed by atoms with van der Waals surface area (Å²) < 4.78 is 36.3. The van der Waals surface area contributed by atoms with Crippen molar-refractivity contribution < 1.29 is 27.8 Å². The molecule has 0 radical (unpaired) electrons. The molecule has 0 aliphatic carbocycles. The average molecular weight is 279 g/mol. The van der Waals surface area contributed by atoms with Crippen LogP contribution in [-0.4, -0.2) is 54.6 Å². The van der Waals surface area contributed by atoms with Crippen molar-refractivity contribution in [1.82, 2.24) is 4.90 Å². The van der Waals surface area contributed by atoms with Gasteiger partial charge < -0.3 is 9.47 Å². The molecule has 0 unspecified atom stereocenters. The van der Waals surface area contributed by atoms with Crippen molar-refractivity contribution in [2.75, 3.05) is 20.3 Å². The molecule has 0 aromatic rings. The minimum absolute atomic E-state index is 0.421. The number of carbonyl (C=O) groups excluding carboxylic acids is 2. The highest BCUT2D eigenvalue weighted by Crippen LogP contribution is 2.33. The molecule has 1 rings (SSSR count). The third-order valence-corrected chi connectivity index (χ3v) is 2.73. The van der Waals surface area contributed by atoms with Crippen LogP contribution in [0.25, 0.3) is 0 Å². The summed E-state index contributed by atoms with van der Waals surface area (Å²) in [5.41, 5.74) is -3.01. The summed E-state index contributed by atoms with van der Waals surface area (Å²) in [5, 5.41) is 0. The third-order valence-electron chi connectivity index (χ3n) is 2.73. The second kappa shape index (κ2) is 5.30. The van der Waals surface area contributed by atoms with Crippen LogP contribution >= 0.6 is 0 Å². The van der Waals surface area contributed by atoms with Crippen LogP contribution in [0.4, 0.5) is 13.6 Å². The number of hydrogen-bond acceptors (Lipinski definition) is 4. The molecule has 0 aromatic heterocycles. The van der Waals surface area contributed by atoms with Crippen LogP contribution in [0.1, 0.15) is 27.2 Å². The standard InChI is InChI=1S/C12H19F2NO4/c1-11(2,3)19-10(17)15-7-12(14,6-13)5-8(15)9(16)18-4/h8H,5-7H2,1-4H3/t8-,12-/m0/s1. The van der Waals surface area contributed by atoms with E-state index in [1.165, 1.54) is 0 Å². The van der Waals surface area contributed by atoms with Crippen molar-refractivity contribution in [2.24, 2.45) is 0 Å². The topological polar surface area (TPSA) is 55.8 Å². The summed E-state index contributed by atoms with van der Waals surface area (Å²) in [6.07, 6.45) is -1.27. The maximum absolute atomic E-state index is 14.0. The maximum Gasteiger partial charge on any atom is 0.411 e. The van der Waals surface area contributed by atoms with Crippen LogP contribution in [0.2, 0.25) is 0 Å². The van der Waals surface area contributed by atoms with Crippen molar-refractivity contribution in [2.45, 2.75) is 44.5 Å². The van der Waals surface area contributed by atoms with Gasteiger partial charge in [-0.05, 0) is 20.8 Å². The molecule has 0 saturated carbocycles. The van der Waals surface area contributed by atoms with E-state index in [0.29, 0.717) is 0 Å². The molecule has 0 N–H and O–H groups in total. The maximum atomic E-state index is 14.0. The summed E-state index contributed by atoms with van der Waals surface area (Å²) in [7, 11) is 1.13. The molecule has 1 saturated heterocycles. The minimum atomic E-state index is -2.23. The van der Waals surface area contributed by atoms with E-state index in [0.717, 1.165) is 12.0 Å². The SMILES string of the molecule is COC(=O)[C@@H]1C[C@](F)(CF)CN1C(=O)OC(C)(C)C. The fraction of sp³-hybridized carbons (Fsp3) is 0.833. The van der Waals surface area contributed by atoms with Crippen LogP contribution in [0.15, 0.2) is 0 Å². The number of alkyl halides is 2. The highest BCUT2D eigenvalue weighted by atomic mass is 19.2. The molecule has 7 heteroatoms. The van der Waals surface area contributed by atoms with Crippen molar-refractivity contribution in [3.8, 4) is 0 Å². The number of amides is 1. The number of likely N-dealkylation sites (tertiary alicyclic amines) is 1. The Hall–Kier alpha value is -1.40. The van der Waals surface area contributed by atoms with Crippen molar-refractivity contribution in [1.29, 1.82) is 0 Å². The predicted molar refractivity (Wildman–Crippen MR) is 63.2 cm³/mol. The normalized spacial score (nSPS) is 27.3. The summed E-state index contributed by atoms with van der Waals surface area (Å²) in [4.78, 5) is 24.3. The first-order valence-corrected chi connectivity index (χ1v) is 5.94. The van der Waals surface area contributed by atoms with Crippen LogP contribution in [0.3, 0.4) is 0 Å². The van der Waals surface area contributed by atoms with Crippen molar-refractivity contribution in [3.63, 3.8) is 0 Å². The molecule has 0 bridgehead atoms. The Morgan fingerprint density at radius 1 is 1.42 bits per heavy atom. The monoisotopic (exact) mass is 279 g/mol. The van der Waals surface area contributed by atoms with Gasteiger partial charge >= 0.3 is 12.1 Å². The average Bonchev–Trinajstić information content (AvgIpc) is 2.65. The number of ether oxygens (including phenoxy) is 2. The fourth-order valence-electron chi connectivity index (χ4n) is 1.89. The highest BCUT2D eigenvalue weighted by molar-refractivity contribution is 5.82. The second-order valence-electron chi connectivity index (χ2n) is 5.64. The Bertz CT molecular complexity index is 369. The van der Waals surface area contributed by atoms with E-state index in [9.17, 15) is 18.4 Å². The summed E-state index contributed by atoms with van der Waals surface area (Å²) in [6, 6.07) is -1.15. The first-order chi connectivity index (χ1) is 8.62. The third kappa shape index (κ3) is 3.78. The number of carbonyl (C=O) groups is 2. The van der Waals surface area contributed by atoms with Gasteiger partial charge in [0.15, 0.2) is 5.67 Å². The minimum Gasteiger partial charge on any atom is -0.467 e. The molecule has 1 aliphatic heterocycles. The van der Waals surface area contributed by atoms with Crippen LogP contribution < -0.4 is 0 Å². The molecule has 1 fully saturated rings. The quantitative estimate of drug-likeness (QED) is 0.724. The van der Waals surface area contributed by atoms with Gasteiger partial charge in [-0.3, -0.25) is 4.90 Å². The molecule has 0 aromatic carbocycles. The van der Waals surface area contributed by atoms with Crippen LogP contribution in [0.5, 0.6) is 0 Å². The number of halogens is 2. The van der Waals surface area contributed by atoms with Crippen molar-refractivity contribution in [3.05, 3.63) is 0 Å². The van der Waals surface area contributed by atoms with Gasteiger partial charge in [-0.1, -0.05) is 0 Å². The van der Waals surface area contributed by atoms with E-state index in [2.05, 4.69) is 4.74 Å². The lowest BCUT2D eigenvalue weighted by atomic mass is 10.0. The zero-order chi connectivity index (χ0) is 14.8. The van der Waals surface area contributed by atoms with Crippen molar-refractivity contribution >= 4 is 12.1 Å². The Morgan fingerprint density at radius 2 is 2.00 bits per heavy atom. The summed E-state index contributed by atoms with van der Waals surface area (Å²) in [6.45, 7) is 3.15. The molecule has 0 spiro atoms. The van der Waals surface area contributed by atoms with Crippen LogP contribution in [0, 0.1) is 0 Å². The predicted octanol–water partition coefficient (Wildman–Crippen LogP) is 1.85. The van der Waals surface area contributed by atoms with E-state index < -0.39 is 49.0 Å². The van der Waals surface area contributed by atoms with E-state index in [-0.39, 0.29) is 0 Å². The van der Waals surface area contributed by atoms with E-state index in [1.807, 2.05) is 0 Å². The van der Waals surface area contributed by atoms with Gasteiger partial charge in [-0.25, -0.2) is 18.4 Å². The highest BCUT2D eigenvalue weighted by Gasteiger charge is 2.51. The van der Waals surface area contributed by atoms with Gasteiger partial charge in [-0.15, -0.1) is 0 Å². The Labute approximate surface area is 110 Å². The Balaban J connectivity index is 2.89. The van der Waals surface area contributed by atoms with Gasteiger partial charge in [0.1, 0.15) is 18.3 Å². The zero-order valence-corrected chi connectivity index (χ0v) is 11.5. The molecule has 2 atom stereocenters. The van der Waals surface area contributed by atoms with E-state index >= 15 is 0 Å². The second-order valence-corrected chi connectivity index (χ2v) is 5.64.